The zero-order valence-corrected chi connectivity index (χ0v) is 15.8. The van der Waals surface area contributed by atoms with Crippen molar-refractivity contribution in [3.8, 4) is 0 Å². The summed E-state index contributed by atoms with van der Waals surface area (Å²) in [6.07, 6.45) is 4.54. The zero-order chi connectivity index (χ0) is 19.8. The van der Waals surface area contributed by atoms with Crippen LogP contribution in [0.5, 0.6) is 0 Å². The monoisotopic (exact) mass is 376 g/mol. The van der Waals surface area contributed by atoms with E-state index in [1.165, 1.54) is 12.2 Å². The minimum absolute atomic E-state index is 0.00189. The first-order valence-corrected chi connectivity index (χ1v) is 9.81. The van der Waals surface area contributed by atoms with E-state index in [2.05, 4.69) is 0 Å². The zero-order valence-electron chi connectivity index (χ0n) is 15.8. The molecule has 6 nitrogen and oxygen atoms in total. The van der Waals surface area contributed by atoms with Gasteiger partial charge in [0.15, 0.2) is 11.6 Å². The van der Waals surface area contributed by atoms with E-state index in [1.807, 2.05) is 13.8 Å². The average molecular weight is 376 g/mol. The first-order chi connectivity index (χ1) is 12.6. The van der Waals surface area contributed by atoms with Gasteiger partial charge in [0.25, 0.3) is 0 Å². The highest BCUT2D eigenvalue weighted by atomic mass is 16.3. The highest BCUT2D eigenvalue weighted by Crippen LogP contribution is 2.67. The second-order valence-electron chi connectivity index (χ2n) is 9.30. The van der Waals surface area contributed by atoms with Crippen molar-refractivity contribution < 1.29 is 30.0 Å². The van der Waals surface area contributed by atoms with Crippen LogP contribution >= 0.6 is 0 Å². The van der Waals surface area contributed by atoms with Crippen molar-refractivity contribution >= 4 is 11.6 Å². The molecular formula is C21H28O6. The Bertz CT molecular complexity index is 769. The standard InChI is InChI=1S/C21H28O6/c1-19-5-3-14-12(13(19)4-6-21(19,27)18(26)10-22)9-16(24)15-7-11(23)8-17(25)20(14,15)2/h7-8,12-14,16,22,24-25,27H,3-6,9-10H2,1-2H3. The van der Waals surface area contributed by atoms with Crippen LogP contribution in [0.15, 0.2) is 23.5 Å². The third kappa shape index (κ3) is 2.18. The molecule has 0 spiro atoms. The smallest absolute Gasteiger partial charge is 0.190 e. The molecule has 4 aliphatic rings. The van der Waals surface area contributed by atoms with Crippen LogP contribution in [0.4, 0.5) is 0 Å². The Labute approximate surface area is 158 Å². The van der Waals surface area contributed by atoms with Gasteiger partial charge in [-0.15, -0.1) is 0 Å². The van der Waals surface area contributed by atoms with Gasteiger partial charge in [0, 0.05) is 11.5 Å². The number of carbonyl (C=O) groups is 2. The number of fused-ring (bicyclic) bond motifs is 5. The Morgan fingerprint density at radius 2 is 1.85 bits per heavy atom. The molecule has 0 bridgehead atoms. The van der Waals surface area contributed by atoms with Crippen LogP contribution in [0, 0.1) is 28.6 Å². The van der Waals surface area contributed by atoms with Crippen LogP contribution in [-0.4, -0.2) is 50.3 Å². The molecule has 0 radical (unpaired) electrons. The van der Waals surface area contributed by atoms with Gasteiger partial charge in [-0.1, -0.05) is 6.92 Å². The van der Waals surface area contributed by atoms with Crippen molar-refractivity contribution in [2.24, 2.45) is 28.6 Å². The first-order valence-electron chi connectivity index (χ1n) is 9.81. The van der Waals surface area contributed by atoms with Crippen LogP contribution in [0.3, 0.4) is 0 Å². The maximum absolute atomic E-state index is 12.4. The lowest BCUT2D eigenvalue weighted by Crippen LogP contribution is -2.59. The number of allylic oxidation sites excluding steroid dienone is 3. The predicted molar refractivity (Wildman–Crippen MR) is 96.6 cm³/mol. The van der Waals surface area contributed by atoms with E-state index in [4.69, 9.17) is 0 Å². The van der Waals surface area contributed by atoms with Crippen molar-refractivity contribution in [1.82, 2.24) is 0 Å². The van der Waals surface area contributed by atoms with Gasteiger partial charge in [-0.25, -0.2) is 0 Å². The van der Waals surface area contributed by atoms with Gasteiger partial charge >= 0.3 is 0 Å². The number of aliphatic hydroxyl groups excluding tert-OH is 3. The minimum Gasteiger partial charge on any atom is -0.511 e. The molecule has 4 N–H and O–H groups in total. The lowest BCUT2D eigenvalue weighted by atomic mass is 9.46. The molecule has 0 amide bonds. The van der Waals surface area contributed by atoms with Gasteiger partial charge in [-0.3, -0.25) is 9.59 Å². The minimum atomic E-state index is -1.54. The molecule has 7 unspecified atom stereocenters. The Kier molecular flexibility index (Phi) is 4.01. The van der Waals surface area contributed by atoms with Gasteiger partial charge in [0.1, 0.15) is 18.0 Å². The molecule has 0 aliphatic heterocycles. The number of aliphatic hydroxyl groups is 4. The molecule has 0 saturated heterocycles. The summed E-state index contributed by atoms with van der Waals surface area (Å²) in [5, 5.41) is 42.0. The summed E-state index contributed by atoms with van der Waals surface area (Å²) in [5.41, 5.74) is -2.41. The third-order valence-electron chi connectivity index (χ3n) is 8.50. The largest absolute Gasteiger partial charge is 0.511 e. The van der Waals surface area contributed by atoms with E-state index in [-0.39, 0.29) is 29.3 Å². The molecular weight excluding hydrogens is 348 g/mol. The van der Waals surface area contributed by atoms with Crippen molar-refractivity contribution in [1.29, 1.82) is 0 Å². The Balaban J connectivity index is 1.76. The average Bonchev–Trinajstić information content (AvgIpc) is 2.89. The summed E-state index contributed by atoms with van der Waals surface area (Å²) in [7, 11) is 0. The number of ketones is 2. The van der Waals surface area contributed by atoms with Crippen LogP contribution in [0.1, 0.15) is 46.0 Å². The Morgan fingerprint density at radius 1 is 1.19 bits per heavy atom. The van der Waals surface area contributed by atoms with Gasteiger partial charge in [0.2, 0.25) is 0 Å². The molecule has 6 heteroatoms. The number of carbonyl (C=O) groups excluding carboxylic acids is 2. The van der Waals surface area contributed by atoms with Gasteiger partial charge in [-0.2, -0.15) is 0 Å². The maximum Gasteiger partial charge on any atom is 0.190 e. The second-order valence-corrected chi connectivity index (χ2v) is 9.30. The van der Waals surface area contributed by atoms with Crippen molar-refractivity contribution in [3.05, 3.63) is 23.5 Å². The lowest BCUT2D eigenvalue weighted by Gasteiger charge is -2.59. The van der Waals surface area contributed by atoms with E-state index < -0.39 is 34.9 Å². The fourth-order valence-electron chi connectivity index (χ4n) is 6.95. The fourth-order valence-corrected chi connectivity index (χ4v) is 6.95. The molecule has 7 atom stereocenters. The van der Waals surface area contributed by atoms with Crippen LogP contribution in [0.25, 0.3) is 0 Å². The lowest BCUT2D eigenvalue weighted by molar-refractivity contribution is -0.166. The normalized spacial score (nSPS) is 48.9. The highest BCUT2D eigenvalue weighted by Gasteiger charge is 2.67. The van der Waals surface area contributed by atoms with Gasteiger partial charge < -0.3 is 20.4 Å². The quantitative estimate of drug-likeness (QED) is 0.580. The molecule has 0 heterocycles. The number of hydrogen-bond donors (Lipinski definition) is 4. The summed E-state index contributed by atoms with van der Waals surface area (Å²) in [6.45, 7) is 3.14. The summed E-state index contributed by atoms with van der Waals surface area (Å²) in [6, 6.07) is 0. The first kappa shape index (κ1) is 18.8. The van der Waals surface area contributed by atoms with E-state index in [1.54, 1.807) is 0 Å². The van der Waals surface area contributed by atoms with E-state index >= 15 is 0 Å². The molecule has 3 fully saturated rings. The molecule has 3 saturated carbocycles. The second kappa shape index (κ2) is 5.75. The molecule has 27 heavy (non-hydrogen) atoms. The summed E-state index contributed by atoms with van der Waals surface area (Å²) < 4.78 is 0. The van der Waals surface area contributed by atoms with Crippen molar-refractivity contribution in [2.45, 2.75) is 57.7 Å². The SMILES string of the molecule is CC12C(O)=CC(=O)C=C1C(O)CC1C2CCC2(C)C1CCC2(O)C(=O)CO. The summed E-state index contributed by atoms with van der Waals surface area (Å²) in [4.78, 5) is 24.2. The molecule has 0 aromatic heterocycles. The van der Waals surface area contributed by atoms with Crippen LogP contribution in [0.2, 0.25) is 0 Å². The molecule has 148 valence electrons. The van der Waals surface area contributed by atoms with Crippen LogP contribution in [-0.2, 0) is 9.59 Å². The van der Waals surface area contributed by atoms with Gasteiger partial charge in [0.05, 0.1) is 11.5 Å². The summed E-state index contributed by atoms with van der Waals surface area (Å²) >= 11 is 0. The van der Waals surface area contributed by atoms with Gasteiger partial charge in [-0.05, 0) is 68.4 Å². The number of Topliss-reactive ketones (excluding diaryl/α,β-unsaturated/α-hetero) is 1. The highest BCUT2D eigenvalue weighted by molar-refractivity contribution is 6.01. The van der Waals surface area contributed by atoms with Crippen molar-refractivity contribution in [2.75, 3.05) is 6.61 Å². The third-order valence-corrected chi connectivity index (χ3v) is 8.50. The predicted octanol–water partition coefficient (Wildman–Crippen LogP) is 1.44. The number of rotatable bonds is 2. The maximum atomic E-state index is 12.4. The molecule has 4 aliphatic carbocycles. The Morgan fingerprint density at radius 3 is 2.52 bits per heavy atom. The fraction of sp³-hybridized carbons (Fsp3) is 0.714. The van der Waals surface area contributed by atoms with E-state index in [0.29, 0.717) is 37.7 Å². The topological polar surface area (TPSA) is 115 Å². The van der Waals surface area contributed by atoms with E-state index in [0.717, 1.165) is 0 Å². The molecule has 4 rings (SSSR count). The number of hydrogen-bond acceptors (Lipinski definition) is 6. The van der Waals surface area contributed by atoms with Crippen LogP contribution < -0.4 is 0 Å². The van der Waals surface area contributed by atoms with Crippen molar-refractivity contribution in [3.63, 3.8) is 0 Å². The van der Waals surface area contributed by atoms with E-state index in [9.17, 15) is 30.0 Å². The Hall–Kier alpha value is -1.50. The molecule has 0 aromatic carbocycles. The summed E-state index contributed by atoms with van der Waals surface area (Å²) in [5.74, 6) is -0.773. The molecule has 0 aromatic rings.